The topological polar surface area (TPSA) is 12.0 Å². The molecule has 0 aromatic heterocycles. The predicted molar refractivity (Wildman–Crippen MR) is 79.4 cm³/mol. The van der Waals surface area contributed by atoms with E-state index in [-0.39, 0.29) is 0 Å². The summed E-state index contributed by atoms with van der Waals surface area (Å²) in [6.45, 7) is 3.92. The molecule has 0 amide bonds. The van der Waals surface area contributed by atoms with Gasteiger partial charge in [0.2, 0.25) is 0 Å². The van der Waals surface area contributed by atoms with Crippen molar-refractivity contribution < 1.29 is 0 Å². The summed E-state index contributed by atoms with van der Waals surface area (Å²) >= 11 is 8.03. The van der Waals surface area contributed by atoms with Gasteiger partial charge in [0.05, 0.1) is 5.02 Å². The Labute approximate surface area is 118 Å². The van der Waals surface area contributed by atoms with Crippen LogP contribution >= 0.6 is 23.4 Å². The molecule has 0 saturated heterocycles. The number of hydrogen-bond acceptors (Lipinski definition) is 2. The van der Waals surface area contributed by atoms with Gasteiger partial charge in [-0.3, -0.25) is 0 Å². The van der Waals surface area contributed by atoms with Crippen LogP contribution in [0.15, 0.2) is 58.3 Å². The predicted octanol–water partition coefficient (Wildman–Crippen LogP) is 4.60. The summed E-state index contributed by atoms with van der Waals surface area (Å²) in [5.74, 6) is 0. The minimum absolute atomic E-state index is 0.819. The van der Waals surface area contributed by atoms with Crippen molar-refractivity contribution >= 4 is 23.4 Å². The Kier molecular flexibility index (Phi) is 5.12. The van der Waals surface area contributed by atoms with Gasteiger partial charge in [-0.25, -0.2) is 0 Å². The van der Waals surface area contributed by atoms with Crippen molar-refractivity contribution in [1.29, 1.82) is 0 Å². The molecule has 0 radical (unpaired) electrons. The monoisotopic (exact) mass is 277 g/mol. The number of rotatable bonds is 5. The highest BCUT2D eigenvalue weighted by Gasteiger charge is 2.08. The van der Waals surface area contributed by atoms with Crippen molar-refractivity contribution in [2.24, 2.45) is 0 Å². The summed E-state index contributed by atoms with van der Waals surface area (Å²) in [6, 6.07) is 16.4. The molecule has 1 nitrogen and oxygen atoms in total. The van der Waals surface area contributed by atoms with Crippen molar-refractivity contribution in [3.63, 3.8) is 0 Å². The van der Waals surface area contributed by atoms with Gasteiger partial charge in [-0.15, -0.1) is 0 Å². The van der Waals surface area contributed by atoms with E-state index in [9.17, 15) is 0 Å². The molecular formula is C15H16ClNS. The van der Waals surface area contributed by atoms with Crippen LogP contribution in [-0.4, -0.2) is 6.54 Å². The van der Waals surface area contributed by atoms with Crippen molar-refractivity contribution in [1.82, 2.24) is 5.32 Å². The molecule has 18 heavy (non-hydrogen) atoms. The fourth-order valence-corrected chi connectivity index (χ4v) is 2.95. The average Bonchev–Trinajstić information content (AvgIpc) is 2.41. The van der Waals surface area contributed by atoms with Crippen molar-refractivity contribution in [2.75, 3.05) is 6.54 Å². The molecule has 0 aliphatic heterocycles. The van der Waals surface area contributed by atoms with Gasteiger partial charge >= 0.3 is 0 Å². The molecule has 0 saturated carbocycles. The zero-order valence-corrected chi connectivity index (χ0v) is 11.9. The molecule has 0 spiro atoms. The van der Waals surface area contributed by atoms with Crippen molar-refractivity contribution in [3.8, 4) is 0 Å². The first-order valence-electron chi connectivity index (χ1n) is 6.02. The molecule has 0 bridgehead atoms. The van der Waals surface area contributed by atoms with Gasteiger partial charge in [0, 0.05) is 16.3 Å². The maximum Gasteiger partial charge on any atom is 0.0548 e. The van der Waals surface area contributed by atoms with E-state index >= 15 is 0 Å². The highest BCUT2D eigenvalue weighted by molar-refractivity contribution is 7.99. The van der Waals surface area contributed by atoms with Crippen LogP contribution in [0.5, 0.6) is 0 Å². The minimum atomic E-state index is 0.819. The zero-order valence-electron chi connectivity index (χ0n) is 10.3. The molecule has 0 aliphatic carbocycles. The molecule has 0 atom stereocenters. The van der Waals surface area contributed by atoms with E-state index in [4.69, 9.17) is 11.6 Å². The van der Waals surface area contributed by atoms with E-state index in [0.717, 1.165) is 23.0 Å². The molecule has 2 aromatic carbocycles. The molecule has 0 unspecified atom stereocenters. The minimum Gasteiger partial charge on any atom is -0.313 e. The van der Waals surface area contributed by atoms with Gasteiger partial charge in [0.15, 0.2) is 0 Å². The fourth-order valence-electron chi connectivity index (χ4n) is 1.67. The summed E-state index contributed by atoms with van der Waals surface area (Å²) in [5, 5.41) is 4.16. The van der Waals surface area contributed by atoms with Gasteiger partial charge in [-0.1, -0.05) is 60.6 Å². The van der Waals surface area contributed by atoms with E-state index in [1.807, 2.05) is 30.3 Å². The molecule has 3 heteroatoms. The van der Waals surface area contributed by atoms with Crippen LogP contribution in [0.2, 0.25) is 5.02 Å². The number of benzene rings is 2. The Bertz CT molecular complexity index is 499. The standard InChI is InChI=1S/C15H16ClNS/c1-2-17-11-12-7-6-10-14(16)15(12)18-13-8-4-3-5-9-13/h3-10,17H,2,11H2,1H3. The van der Waals surface area contributed by atoms with Gasteiger partial charge in [-0.05, 0) is 30.3 Å². The van der Waals surface area contributed by atoms with E-state index in [0.29, 0.717) is 0 Å². The van der Waals surface area contributed by atoms with Crippen LogP contribution in [-0.2, 0) is 6.54 Å². The lowest BCUT2D eigenvalue weighted by atomic mass is 10.2. The van der Waals surface area contributed by atoms with Crippen LogP contribution < -0.4 is 5.32 Å². The first-order valence-corrected chi connectivity index (χ1v) is 7.21. The van der Waals surface area contributed by atoms with Crippen LogP contribution in [0.3, 0.4) is 0 Å². The lowest BCUT2D eigenvalue weighted by molar-refractivity contribution is 0.718. The van der Waals surface area contributed by atoms with Gasteiger partial charge in [-0.2, -0.15) is 0 Å². The Hall–Kier alpha value is -0.960. The zero-order chi connectivity index (χ0) is 12.8. The van der Waals surface area contributed by atoms with E-state index in [1.165, 1.54) is 10.5 Å². The molecule has 2 aromatic rings. The third-order valence-corrected chi connectivity index (χ3v) is 4.20. The molecule has 0 fully saturated rings. The number of nitrogens with one attached hydrogen (secondary N) is 1. The van der Waals surface area contributed by atoms with Gasteiger partial charge in [0.1, 0.15) is 0 Å². The first-order chi connectivity index (χ1) is 8.81. The molecule has 1 N–H and O–H groups in total. The van der Waals surface area contributed by atoms with E-state index in [1.54, 1.807) is 11.8 Å². The third-order valence-electron chi connectivity index (χ3n) is 2.58. The SMILES string of the molecule is CCNCc1cccc(Cl)c1Sc1ccccc1. The quantitative estimate of drug-likeness (QED) is 0.857. The maximum absolute atomic E-state index is 6.31. The lowest BCUT2D eigenvalue weighted by Gasteiger charge is -2.11. The Morgan fingerprint density at radius 1 is 1.06 bits per heavy atom. The second kappa shape index (κ2) is 6.83. The summed E-state index contributed by atoms with van der Waals surface area (Å²) in [6.07, 6.45) is 0. The Morgan fingerprint density at radius 3 is 2.56 bits per heavy atom. The largest absolute Gasteiger partial charge is 0.313 e. The lowest BCUT2D eigenvalue weighted by Crippen LogP contribution is -2.12. The molecule has 94 valence electrons. The Morgan fingerprint density at radius 2 is 1.83 bits per heavy atom. The van der Waals surface area contributed by atoms with Gasteiger partial charge < -0.3 is 5.32 Å². The van der Waals surface area contributed by atoms with E-state index in [2.05, 4.69) is 30.4 Å². The smallest absolute Gasteiger partial charge is 0.0548 e. The first kappa shape index (κ1) is 13.5. The molecule has 0 aliphatic rings. The maximum atomic E-state index is 6.31. The van der Waals surface area contributed by atoms with Crippen molar-refractivity contribution in [2.45, 2.75) is 23.3 Å². The molecular weight excluding hydrogens is 262 g/mol. The fraction of sp³-hybridized carbons (Fsp3) is 0.200. The van der Waals surface area contributed by atoms with Crippen LogP contribution in [0.4, 0.5) is 0 Å². The number of halogens is 1. The van der Waals surface area contributed by atoms with E-state index < -0.39 is 0 Å². The molecule has 0 heterocycles. The second-order valence-electron chi connectivity index (χ2n) is 3.92. The summed E-state index contributed by atoms with van der Waals surface area (Å²) in [4.78, 5) is 2.36. The Balaban J connectivity index is 2.25. The van der Waals surface area contributed by atoms with Crippen LogP contribution in [0, 0.1) is 0 Å². The average molecular weight is 278 g/mol. The third kappa shape index (κ3) is 3.52. The molecule has 2 rings (SSSR count). The van der Waals surface area contributed by atoms with Crippen molar-refractivity contribution in [3.05, 3.63) is 59.1 Å². The van der Waals surface area contributed by atoms with Gasteiger partial charge in [0.25, 0.3) is 0 Å². The summed E-state index contributed by atoms with van der Waals surface area (Å²) < 4.78 is 0. The van der Waals surface area contributed by atoms with Crippen LogP contribution in [0.1, 0.15) is 12.5 Å². The van der Waals surface area contributed by atoms with Crippen LogP contribution in [0.25, 0.3) is 0 Å². The summed E-state index contributed by atoms with van der Waals surface area (Å²) in [7, 11) is 0. The normalized spacial score (nSPS) is 10.6. The highest BCUT2D eigenvalue weighted by atomic mass is 35.5. The number of hydrogen-bond donors (Lipinski definition) is 1. The highest BCUT2D eigenvalue weighted by Crippen LogP contribution is 2.35. The second-order valence-corrected chi connectivity index (χ2v) is 5.41. The summed E-state index contributed by atoms with van der Waals surface area (Å²) in [5.41, 5.74) is 1.25.